The highest BCUT2D eigenvalue weighted by molar-refractivity contribution is 6.32. The maximum Gasteiger partial charge on any atom is 0.224 e. The van der Waals surface area contributed by atoms with Gasteiger partial charge in [-0.1, -0.05) is 11.6 Å². The fourth-order valence-electron chi connectivity index (χ4n) is 5.16. The number of carbonyl (C=O) groups is 1. The molecule has 216 valence electrons. The number of piperidine rings is 1. The third-order valence-electron chi connectivity index (χ3n) is 7.28. The molecule has 2 aromatic rings. The number of benzene rings is 2. The molecule has 3 unspecified atom stereocenters. The average molecular weight is 569 g/mol. The zero-order valence-corrected chi connectivity index (χ0v) is 24.4. The highest BCUT2D eigenvalue weighted by Crippen LogP contribution is 2.42. The molecule has 40 heavy (non-hydrogen) atoms. The minimum atomic E-state index is -0.345. The second kappa shape index (κ2) is 14.4. The number of nitrogens with zero attached hydrogens (tertiary/aromatic N) is 2. The molecule has 2 aliphatic rings. The monoisotopic (exact) mass is 568 g/mol. The van der Waals surface area contributed by atoms with Gasteiger partial charge in [-0.3, -0.25) is 4.79 Å². The first kappa shape index (κ1) is 29.8. The van der Waals surface area contributed by atoms with Crippen LogP contribution in [0.3, 0.4) is 0 Å². The molecule has 4 rings (SSSR count). The molecular weight excluding hydrogens is 528 g/mol. The Morgan fingerprint density at radius 2 is 2.05 bits per heavy atom. The molecule has 3 atom stereocenters. The zero-order chi connectivity index (χ0) is 28.5. The lowest BCUT2D eigenvalue weighted by atomic mass is 9.88. The normalized spacial score (nSPS) is 20.1. The predicted molar refractivity (Wildman–Crippen MR) is 161 cm³/mol. The Balaban J connectivity index is 1.52. The molecule has 9 nitrogen and oxygen atoms in total. The third-order valence-corrected chi connectivity index (χ3v) is 7.57. The average Bonchev–Trinajstić information content (AvgIpc) is 2.94. The van der Waals surface area contributed by atoms with E-state index < -0.39 is 0 Å². The lowest BCUT2D eigenvalue weighted by Crippen LogP contribution is -2.33. The number of amides is 1. The van der Waals surface area contributed by atoms with E-state index in [0.717, 1.165) is 55.8 Å². The number of hydrogen-bond donors (Lipinski definition) is 4. The molecule has 1 fully saturated rings. The van der Waals surface area contributed by atoms with Crippen molar-refractivity contribution in [3.05, 3.63) is 40.9 Å². The molecule has 2 heterocycles. The maximum absolute atomic E-state index is 12.7. The number of hydrogen-bond acceptors (Lipinski definition) is 8. The molecule has 0 spiro atoms. The number of carbonyl (C=O) groups excluding carboxylic acids is 1. The van der Waals surface area contributed by atoms with Crippen LogP contribution >= 0.6 is 11.6 Å². The van der Waals surface area contributed by atoms with Gasteiger partial charge in [0, 0.05) is 48.4 Å². The van der Waals surface area contributed by atoms with Crippen LogP contribution in [0.5, 0.6) is 11.5 Å². The summed E-state index contributed by atoms with van der Waals surface area (Å²) in [5, 5.41) is 23.8. The molecule has 0 bridgehead atoms. The Morgan fingerprint density at radius 1 is 1.20 bits per heavy atom. The summed E-state index contributed by atoms with van der Waals surface area (Å²) < 4.78 is 11.9. The van der Waals surface area contributed by atoms with Gasteiger partial charge in [-0.25, -0.2) is 0 Å². The molecule has 0 aromatic heterocycles. The van der Waals surface area contributed by atoms with Crippen LogP contribution in [0.4, 0.5) is 17.1 Å². The number of halogens is 1. The number of ether oxygens (including phenoxy) is 2. The van der Waals surface area contributed by atoms with Gasteiger partial charge in [0.1, 0.15) is 11.5 Å². The van der Waals surface area contributed by atoms with E-state index in [1.165, 1.54) is 0 Å². The quantitative estimate of drug-likeness (QED) is 0.279. The van der Waals surface area contributed by atoms with Crippen molar-refractivity contribution in [2.24, 2.45) is 11.8 Å². The number of rotatable bonds is 12. The van der Waals surface area contributed by atoms with Crippen molar-refractivity contribution in [2.75, 3.05) is 69.4 Å². The van der Waals surface area contributed by atoms with Crippen LogP contribution in [-0.4, -0.2) is 64.3 Å². The Morgan fingerprint density at radius 3 is 2.75 bits per heavy atom. The Labute approximate surface area is 242 Å². The highest BCUT2D eigenvalue weighted by Gasteiger charge is 2.31. The first-order chi connectivity index (χ1) is 19.4. The van der Waals surface area contributed by atoms with E-state index in [1.807, 2.05) is 51.4 Å². The first-order valence-corrected chi connectivity index (χ1v) is 14.5. The Kier molecular flexibility index (Phi) is 10.8. The van der Waals surface area contributed by atoms with Crippen LogP contribution in [-0.2, 0) is 4.79 Å². The summed E-state index contributed by atoms with van der Waals surface area (Å²) in [5.41, 5.74) is 3.14. The molecule has 0 aliphatic carbocycles. The highest BCUT2D eigenvalue weighted by atomic mass is 35.5. The van der Waals surface area contributed by atoms with Crippen LogP contribution in [0.15, 0.2) is 30.3 Å². The second-order valence-electron chi connectivity index (χ2n) is 10.7. The lowest BCUT2D eigenvalue weighted by molar-refractivity contribution is -0.116. The van der Waals surface area contributed by atoms with Crippen LogP contribution < -0.4 is 30.7 Å². The first-order valence-electron chi connectivity index (χ1n) is 14.2. The van der Waals surface area contributed by atoms with Gasteiger partial charge in [0.05, 0.1) is 42.0 Å². The molecule has 2 aliphatic heterocycles. The summed E-state index contributed by atoms with van der Waals surface area (Å²) in [6, 6.07) is 11.6. The third kappa shape index (κ3) is 7.94. The lowest BCUT2D eigenvalue weighted by Gasteiger charge is -2.33. The smallest absolute Gasteiger partial charge is 0.224 e. The van der Waals surface area contributed by atoms with Gasteiger partial charge in [0.15, 0.2) is 0 Å². The largest absolute Gasteiger partial charge is 0.492 e. The summed E-state index contributed by atoms with van der Waals surface area (Å²) >= 11 is 6.61. The number of anilines is 3. The van der Waals surface area contributed by atoms with Crippen LogP contribution in [0.1, 0.15) is 44.2 Å². The summed E-state index contributed by atoms with van der Waals surface area (Å²) in [5.74, 6) is 1.32. The number of nitrogens with one attached hydrogen (secondary N) is 4. The van der Waals surface area contributed by atoms with Gasteiger partial charge in [0.2, 0.25) is 5.91 Å². The van der Waals surface area contributed by atoms with Gasteiger partial charge in [-0.2, -0.15) is 5.26 Å². The van der Waals surface area contributed by atoms with E-state index in [0.29, 0.717) is 54.3 Å². The van der Waals surface area contributed by atoms with Gasteiger partial charge < -0.3 is 35.6 Å². The van der Waals surface area contributed by atoms with Gasteiger partial charge in [-0.15, -0.1) is 0 Å². The Hall–Kier alpha value is -3.19. The Bertz CT molecular complexity index is 1190. The molecular formula is C30H41ClN6O3. The van der Waals surface area contributed by atoms with Crippen LogP contribution in [0, 0.1) is 23.2 Å². The van der Waals surface area contributed by atoms with Crippen molar-refractivity contribution in [3.63, 3.8) is 0 Å². The molecule has 10 heteroatoms. The van der Waals surface area contributed by atoms with E-state index in [1.54, 1.807) is 0 Å². The van der Waals surface area contributed by atoms with Gasteiger partial charge in [-0.05, 0) is 77.6 Å². The topological polar surface area (TPSA) is 111 Å². The van der Waals surface area contributed by atoms with E-state index in [9.17, 15) is 10.1 Å². The van der Waals surface area contributed by atoms with Crippen molar-refractivity contribution in [1.82, 2.24) is 10.2 Å². The SMILES string of the molecule is CCOc1cc2c(cc1NC(=O)CCCN(C)C)C(Nc1ccc(OCC3CCCNC3)c(Cl)c1)C(C#N)CN2. The molecule has 2 aromatic carbocycles. The summed E-state index contributed by atoms with van der Waals surface area (Å²) in [6.45, 7) is 6.35. The van der Waals surface area contributed by atoms with Gasteiger partial charge >= 0.3 is 0 Å². The summed E-state index contributed by atoms with van der Waals surface area (Å²) in [4.78, 5) is 14.8. The fraction of sp³-hybridized carbons (Fsp3) is 0.533. The number of nitriles is 1. The standard InChI is InChI=1S/C30H41ClN6O3/c1-4-39-28-15-25-23(14-26(28)36-29(38)8-6-12-37(2)3)30(21(16-32)18-34-25)35-22-9-10-27(24(31)13-22)40-19-20-7-5-11-33-17-20/h9-10,13-15,20-21,30,33-35H,4-8,11-12,17-19H2,1-3H3,(H,36,38). The molecule has 1 saturated heterocycles. The van der Waals surface area contributed by atoms with Crippen LogP contribution in [0.25, 0.3) is 0 Å². The zero-order valence-electron chi connectivity index (χ0n) is 23.7. The molecule has 0 saturated carbocycles. The minimum Gasteiger partial charge on any atom is -0.492 e. The van der Waals surface area contributed by atoms with Crippen LogP contribution in [0.2, 0.25) is 5.02 Å². The molecule has 0 radical (unpaired) electrons. The fourth-order valence-corrected chi connectivity index (χ4v) is 5.40. The van der Waals surface area contributed by atoms with E-state index in [2.05, 4.69) is 32.2 Å². The van der Waals surface area contributed by atoms with Crippen molar-refractivity contribution in [1.29, 1.82) is 5.26 Å². The van der Waals surface area contributed by atoms with Gasteiger partial charge in [0.25, 0.3) is 0 Å². The second-order valence-corrected chi connectivity index (χ2v) is 11.1. The van der Waals surface area contributed by atoms with Crippen molar-refractivity contribution >= 4 is 34.6 Å². The predicted octanol–water partition coefficient (Wildman–Crippen LogP) is 5.12. The summed E-state index contributed by atoms with van der Waals surface area (Å²) in [6.07, 6.45) is 3.48. The van der Waals surface area contributed by atoms with Crippen molar-refractivity contribution < 1.29 is 14.3 Å². The minimum absolute atomic E-state index is 0.0701. The van der Waals surface area contributed by atoms with E-state index in [4.69, 9.17) is 21.1 Å². The summed E-state index contributed by atoms with van der Waals surface area (Å²) in [7, 11) is 3.98. The van der Waals surface area contributed by atoms with Crippen molar-refractivity contribution in [3.8, 4) is 17.6 Å². The maximum atomic E-state index is 12.7. The molecule has 1 amide bonds. The number of fused-ring (bicyclic) bond motifs is 1. The van der Waals surface area contributed by atoms with Crippen molar-refractivity contribution in [2.45, 2.75) is 38.6 Å². The van der Waals surface area contributed by atoms with E-state index in [-0.39, 0.29) is 17.9 Å². The molecule has 4 N–H and O–H groups in total. The van der Waals surface area contributed by atoms with E-state index >= 15 is 0 Å².